The second-order valence-electron chi connectivity index (χ2n) is 5.87. The van der Waals surface area contributed by atoms with Gasteiger partial charge < -0.3 is 9.72 Å². The van der Waals surface area contributed by atoms with Gasteiger partial charge in [0.2, 0.25) is 0 Å². The second-order valence-corrected chi connectivity index (χ2v) is 7.39. The summed E-state index contributed by atoms with van der Waals surface area (Å²) in [4.78, 5) is 27.2. The first kappa shape index (κ1) is 19.1. The summed E-state index contributed by atoms with van der Waals surface area (Å²) in [6, 6.07) is 14.2. The number of benzene rings is 2. The standard InChI is InChI=1S/C21H18ClNO3S/c1-2-10-26-17-8-6-14(7-9-17)11-19-21(25)23-20(27-19)13-18(24)15-4-3-5-16(22)12-15/h3-9,11-13H,2,10H2,1H3,(H,23,25)/b19-11-,20-13-. The van der Waals surface area contributed by atoms with Crippen LogP contribution in [0.2, 0.25) is 5.02 Å². The van der Waals surface area contributed by atoms with E-state index in [2.05, 4.69) is 11.9 Å². The molecule has 0 radical (unpaired) electrons. The van der Waals surface area contributed by atoms with Gasteiger partial charge in [-0.05, 0) is 42.3 Å². The first-order chi connectivity index (χ1) is 13.0. The molecule has 27 heavy (non-hydrogen) atoms. The molecule has 0 bridgehead atoms. The van der Waals surface area contributed by atoms with Gasteiger partial charge in [-0.3, -0.25) is 9.59 Å². The summed E-state index contributed by atoms with van der Waals surface area (Å²) in [5.41, 5.74) is 1.14. The number of rotatable bonds is 6. The summed E-state index contributed by atoms with van der Waals surface area (Å²) in [5.74, 6) is 0.592. The molecular weight excluding hydrogens is 382 g/mol. The number of hydrogen-bond acceptors (Lipinski definition) is 4. The number of halogens is 1. The fourth-order valence-corrected chi connectivity index (χ4v) is 3.48. The van der Waals surface area contributed by atoms with Crippen LogP contribution in [0.1, 0.15) is 29.3 Å². The van der Waals surface area contributed by atoms with Crippen molar-refractivity contribution in [3.8, 4) is 5.75 Å². The molecule has 1 N–H and O–H groups in total. The van der Waals surface area contributed by atoms with Gasteiger partial charge in [-0.25, -0.2) is 0 Å². The zero-order chi connectivity index (χ0) is 19.2. The molecule has 138 valence electrons. The molecule has 0 aliphatic rings. The highest BCUT2D eigenvalue weighted by Crippen LogP contribution is 2.13. The van der Waals surface area contributed by atoms with Gasteiger partial charge >= 0.3 is 0 Å². The van der Waals surface area contributed by atoms with Crippen LogP contribution in [-0.4, -0.2) is 17.4 Å². The number of nitrogens with one attached hydrogen (secondary N) is 1. The zero-order valence-electron chi connectivity index (χ0n) is 14.7. The number of thiazole rings is 1. The summed E-state index contributed by atoms with van der Waals surface area (Å²) < 4.78 is 6.58. The molecule has 0 atom stereocenters. The lowest BCUT2D eigenvalue weighted by Crippen LogP contribution is -2.20. The molecule has 0 unspecified atom stereocenters. The van der Waals surface area contributed by atoms with E-state index < -0.39 is 0 Å². The number of aromatic nitrogens is 1. The molecule has 4 nitrogen and oxygen atoms in total. The van der Waals surface area contributed by atoms with Crippen molar-refractivity contribution in [2.45, 2.75) is 13.3 Å². The van der Waals surface area contributed by atoms with Crippen LogP contribution in [0.25, 0.3) is 12.2 Å². The Balaban J connectivity index is 1.86. The molecule has 0 fully saturated rings. The quantitative estimate of drug-likeness (QED) is 0.646. The lowest BCUT2D eigenvalue weighted by Gasteiger charge is -2.03. The van der Waals surface area contributed by atoms with Crippen molar-refractivity contribution in [3.05, 3.63) is 84.2 Å². The Hall–Kier alpha value is -2.63. The van der Waals surface area contributed by atoms with Crippen LogP contribution in [0.5, 0.6) is 5.75 Å². The van der Waals surface area contributed by atoms with E-state index in [1.54, 1.807) is 30.3 Å². The molecule has 2 aromatic carbocycles. The first-order valence-corrected chi connectivity index (χ1v) is 9.70. The molecule has 6 heteroatoms. The smallest absolute Gasteiger partial charge is 0.266 e. The summed E-state index contributed by atoms with van der Waals surface area (Å²) in [5, 5.41) is 0.495. The minimum atomic E-state index is -0.226. The maximum absolute atomic E-state index is 12.3. The van der Waals surface area contributed by atoms with Gasteiger partial charge in [0.25, 0.3) is 5.56 Å². The molecule has 0 saturated carbocycles. The van der Waals surface area contributed by atoms with Crippen molar-refractivity contribution < 1.29 is 9.53 Å². The monoisotopic (exact) mass is 399 g/mol. The highest BCUT2D eigenvalue weighted by atomic mass is 35.5. The van der Waals surface area contributed by atoms with Crippen molar-refractivity contribution in [2.24, 2.45) is 0 Å². The van der Waals surface area contributed by atoms with Crippen LogP contribution >= 0.6 is 22.9 Å². The van der Waals surface area contributed by atoms with Crippen LogP contribution < -0.4 is 19.5 Å². The Morgan fingerprint density at radius 2 is 2.00 bits per heavy atom. The first-order valence-electron chi connectivity index (χ1n) is 8.50. The summed E-state index contributed by atoms with van der Waals surface area (Å²) in [6.45, 7) is 2.73. The van der Waals surface area contributed by atoms with Crippen molar-refractivity contribution in [1.82, 2.24) is 4.98 Å². The maximum Gasteiger partial charge on any atom is 0.266 e. The minimum Gasteiger partial charge on any atom is -0.494 e. The van der Waals surface area contributed by atoms with Gasteiger partial charge in [-0.15, -0.1) is 11.3 Å². The third-order valence-corrected chi connectivity index (χ3v) is 4.90. The number of H-pyrrole nitrogens is 1. The molecule has 1 heterocycles. The lowest BCUT2D eigenvalue weighted by molar-refractivity contribution is 0.106. The molecule has 0 saturated heterocycles. The number of aromatic amines is 1. The zero-order valence-corrected chi connectivity index (χ0v) is 16.3. The summed E-state index contributed by atoms with van der Waals surface area (Å²) >= 11 is 7.15. The molecule has 3 aromatic rings. The molecule has 1 aromatic heterocycles. The number of ketones is 1. The van der Waals surface area contributed by atoms with E-state index >= 15 is 0 Å². The van der Waals surface area contributed by atoms with Gasteiger partial charge in [-0.2, -0.15) is 0 Å². The number of Topliss-reactive ketones (excluding diaryl/α,β-unsaturated/α-hetero) is 1. The second kappa shape index (κ2) is 8.84. The third-order valence-electron chi connectivity index (χ3n) is 3.70. The van der Waals surface area contributed by atoms with Gasteiger partial charge in [-0.1, -0.05) is 42.8 Å². The van der Waals surface area contributed by atoms with Gasteiger partial charge in [0.05, 0.1) is 15.8 Å². The molecule has 0 aliphatic carbocycles. The Morgan fingerprint density at radius 3 is 2.70 bits per heavy atom. The molecule has 0 amide bonds. The van der Waals surface area contributed by atoms with E-state index in [-0.39, 0.29) is 11.3 Å². The highest BCUT2D eigenvalue weighted by molar-refractivity contribution is 7.07. The van der Waals surface area contributed by atoms with Crippen LogP contribution in [0.3, 0.4) is 0 Å². The fraction of sp³-hybridized carbons (Fsp3) is 0.143. The molecule has 3 rings (SSSR count). The Labute approximate surface area is 165 Å². The van der Waals surface area contributed by atoms with E-state index in [4.69, 9.17) is 16.3 Å². The van der Waals surface area contributed by atoms with E-state index in [1.807, 2.05) is 24.3 Å². The highest BCUT2D eigenvalue weighted by Gasteiger charge is 2.04. The predicted molar refractivity (Wildman–Crippen MR) is 110 cm³/mol. The van der Waals surface area contributed by atoms with Crippen LogP contribution in [0, 0.1) is 0 Å². The van der Waals surface area contributed by atoms with Crippen LogP contribution in [-0.2, 0) is 0 Å². The minimum absolute atomic E-state index is 0.209. The largest absolute Gasteiger partial charge is 0.494 e. The van der Waals surface area contributed by atoms with Crippen molar-refractivity contribution in [1.29, 1.82) is 0 Å². The SMILES string of the molecule is CCCOc1ccc(/C=c2\s/c(=C\C(=O)c3cccc(Cl)c3)[nH]c2=O)cc1. The molecule has 0 spiro atoms. The summed E-state index contributed by atoms with van der Waals surface area (Å²) in [6.07, 6.45) is 4.15. The third kappa shape index (κ3) is 5.18. The van der Waals surface area contributed by atoms with E-state index in [9.17, 15) is 9.59 Å². The topological polar surface area (TPSA) is 59.2 Å². The van der Waals surface area contributed by atoms with E-state index in [1.165, 1.54) is 17.4 Å². The van der Waals surface area contributed by atoms with E-state index in [0.29, 0.717) is 26.4 Å². The average Bonchev–Trinajstić information content (AvgIpc) is 3.00. The van der Waals surface area contributed by atoms with Crippen LogP contribution in [0.4, 0.5) is 0 Å². The maximum atomic E-state index is 12.3. The Kier molecular flexibility index (Phi) is 6.27. The fourth-order valence-electron chi connectivity index (χ4n) is 2.40. The van der Waals surface area contributed by atoms with Gasteiger partial charge in [0.15, 0.2) is 5.78 Å². The van der Waals surface area contributed by atoms with Crippen LogP contribution in [0.15, 0.2) is 53.3 Å². The number of carbonyl (C=O) groups is 1. The lowest BCUT2D eigenvalue weighted by atomic mass is 10.1. The number of ether oxygens (including phenoxy) is 1. The molecule has 0 aliphatic heterocycles. The molecular formula is C21H18ClNO3S. The number of hydrogen-bond donors (Lipinski definition) is 1. The average molecular weight is 400 g/mol. The number of carbonyl (C=O) groups excluding carboxylic acids is 1. The van der Waals surface area contributed by atoms with E-state index in [0.717, 1.165) is 17.7 Å². The van der Waals surface area contributed by atoms with Crippen molar-refractivity contribution >= 4 is 40.9 Å². The normalized spacial score (nSPS) is 12.4. The predicted octanol–water partition coefficient (Wildman–Crippen LogP) is 3.37. The van der Waals surface area contributed by atoms with Crippen molar-refractivity contribution in [3.63, 3.8) is 0 Å². The Morgan fingerprint density at radius 1 is 1.22 bits per heavy atom. The van der Waals surface area contributed by atoms with Gasteiger partial charge in [0.1, 0.15) is 5.75 Å². The Bertz CT molecular complexity index is 1110. The summed E-state index contributed by atoms with van der Waals surface area (Å²) in [7, 11) is 0. The van der Waals surface area contributed by atoms with Gasteiger partial charge in [0, 0.05) is 16.7 Å². The van der Waals surface area contributed by atoms with Crippen molar-refractivity contribution in [2.75, 3.05) is 6.61 Å².